The van der Waals surface area contributed by atoms with Crippen LogP contribution in [0, 0.1) is 25.2 Å². The number of nitrogens with zero attached hydrogens (tertiary/aromatic N) is 5. The van der Waals surface area contributed by atoms with Crippen LogP contribution in [0.25, 0.3) is 5.69 Å². The zero-order valence-electron chi connectivity index (χ0n) is 16.1. The number of para-hydroxylation sites is 1. The summed E-state index contributed by atoms with van der Waals surface area (Å²) in [5, 5.41) is 18.8. The number of rotatable bonds is 5. The number of nitriles is 1. The highest BCUT2D eigenvalue weighted by atomic mass is 32.2. The van der Waals surface area contributed by atoms with E-state index in [0.29, 0.717) is 5.16 Å². The van der Waals surface area contributed by atoms with Crippen molar-refractivity contribution in [2.24, 2.45) is 0 Å². The third kappa shape index (κ3) is 3.86. The molecule has 1 saturated carbocycles. The summed E-state index contributed by atoms with van der Waals surface area (Å²) in [7, 11) is 1.76. The molecule has 1 amide bonds. The molecule has 1 aliphatic carbocycles. The summed E-state index contributed by atoms with van der Waals surface area (Å²) in [6.07, 6.45) is 4.65. The Morgan fingerprint density at radius 1 is 1.26 bits per heavy atom. The Balaban J connectivity index is 1.75. The molecule has 1 aliphatic rings. The van der Waals surface area contributed by atoms with E-state index in [0.717, 1.165) is 49.2 Å². The van der Waals surface area contributed by atoms with Crippen LogP contribution in [0.5, 0.6) is 0 Å². The number of aromatic nitrogens is 3. The Bertz CT molecular complexity index is 863. The molecule has 142 valence electrons. The van der Waals surface area contributed by atoms with Crippen LogP contribution in [0.15, 0.2) is 29.4 Å². The second-order valence-corrected chi connectivity index (χ2v) is 8.04. The van der Waals surface area contributed by atoms with Crippen molar-refractivity contribution in [2.75, 3.05) is 12.8 Å². The van der Waals surface area contributed by atoms with Crippen molar-refractivity contribution in [2.45, 2.75) is 56.6 Å². The quantitative estimate of drug-likeness (QED) is 0.737. The Hall–Kier alpha value is -2.33. The van der Waals surface area contributed by atoms with Crippen molar-refractivity contribution in [3.8, 4) is 11.8 Å². The molecule has 2 aromatic rings. The molecule has 1 fully saturated rings. The lowest BCUT2D eigenvalue weighted by atomic mass is 9.81. The molecule has 3 rings (SSSR count). The van der Waals surface area contributed by atoms with Crippen molar-refractivity contribution in [3.05, 3.63) is 35.7 Å². The van der Waals surface area contributed by atoms with Crippen LogP contribution in [0.3, 0.4) is 0 Å². The molecule has 27 heavy (non-hydrogen) atoms. The van der Waals surface area contributed by atoms with Crippen LogP contribution in [0.1, 0.15) is 43.5 Å². The first-order valence-electron chi connectivity index (χ1n) is 9.27. The van der Waals surface area contributed by atoms with Gasteiger partial charge in [0, 0.05) is 7.05 Å². The predicted molar refractivity (Wildman–Crippen MR) is 106 cm³/mol. The second-order valence-electron chi connectivity index (χ2n) is 7.10. The van der Waals surface area contributed by atoms with Gasteiger partial charge >= 0.3 is 0 Å². The lowest BCUT2D eigenvalue weighted by Crippen LogP contribution is -2.50. The maximum atomic E-state index is 12.8. The number of carbonyl (C=O) groups is 1. The maximum absolute atomic E-state index is 12.8. The van der Waals surface area contributed by atoms with Gasteiger partial charge < -0.3 is 4.90 Å². The summed E-state index contributed by atoms with van der Waals surface area (Å²) in [5.41, 5.74) is 1.48. The molecule has 0 bridgehead atoms. The Morgan fingerprint density at radius 2 is 1.96 bits per heavy atom. The molecule has 0 saturated heterocycles. The molecule has 1 aromatic heterocycles. The minimum atomic E-state index is -0.657. The molecule has 0 atom stereocenters. The Morgan fingerprint density at radius 3 is 2.63 bits per heavy atom. The first-order chi connectivity index (χ1) is 13.0. The highest BCUT2D eigenvalue weighted by molar-refractivity contribution is 7.99. The van der Waals surface area contributed by atoms with E-state index in [2.05, 4.69) is 16.3 Å². The third-order valence-electron chi connectivity index (χ3n) is 5.38. The predicted octanol–water partition coefficient (Wildman–Crippen LogP) is 3.66. The van der Waals surface area contributed by atoms with Gasteiger partial charge in [-0.3, -0.25) is 9.36 Å². The van der Waals surface area contributed by atoms with Gasteiger partial charge in [0.25, 0.3) is 0 Å². The molecular weight excluding hydrogens is 358 g/mol. The Kier molecular flexibility index (Phi) is 5.85. The zero-order valence-corrected chi connectivity index (χ0v) is 16.9. The van der Waals surface area contributed by atoms with Gasteiger partial charge in [0.2, 0.25) is 5.91 Å². The fourth-order valence-corrected chi connectivity index (χ4v) is 4.55. The fraction of sp³-hybridized carbons (Fsp3) is 0.500. The number of benzene rings is 1. The van der Waals surface area contributed by atoms with Gasteiger partial charge in [-0.1, -0.05) is 49.2 Å². The van der Waals surface area contributed by atoms with E-state index < -0.39 is 5.54 Å². The van der Waals surface area contributed by atoms with Crippen molar-refractivity contribution in [1.29, 1.82) is 5.26 Å². The van der Waals surface area contributed by atoms with Gasteiger partial charge in [0.05, 0.1) is 17.5 Å². The van der Waals surface area contributed by atoms with E-state index in [1.54, 1.807) is 11.9 Å². The highest BCUT2D eigenvalue weighted by Gasteiger charge is 2.38. The minimum absolute atomic E-state index is 0.0413. The van der Waals surface area contributed by atoms with Crippen LogP contribution >= 0.6 is 11.8 Å². The van der Waals surface area contributed by atoms with Crippen molar-refractivity contribution >= 4 is 17.7 Å². The van der Waals surface area contributed by atoms with Gasteiger partial charge in [-0.05, 0) is 38.3 Å². The number of thioether (sulfide) groups is 1. The van der Waals surface area contributed by atoms with Crippen molar-refractivity contribution in [1.82, 2.24) is 19.7 Å². The van der Waals surface area contributed by atoms with Crippen LogP contribution in [-0.2, 0) is 4.79 Å². The van der Waals surface area contributed by atoms with E-state index in [1.165, 1.54) is 11.8 Å². The van der Waals surface area contributed by atoms with Crippen molar-refractivity contribution < 1.29 is 4.79 Å². The first kappa shape index (κ1) is 19.4. The molecule has 0 spiro atoms. The minimum Gasteiger partial charge on any atom is -0.326 e. The average molecular weight is 384 g/mol. The van der Waals surface area contributed by atoms with E-state index in [1.807, 2.05) is 42.7 Å². The van der Waals surface area contributed by atoms with Crippen molar-refractivity contribution in [3.63, 3.8) is 0 Å². The molecule has 1 aromatic carbocycles. The standard InChI is InChI=1S/C20H25N5OS/c1-15-9-5-6-10-17(15)25-16(2)22-23-19(25)27-13-18(26)24(3)20(14-21)11-7-4-8-12-20/h5-6,9-10H,4,7-8,11-13H2,1-3H3. The van der Waals surface area contributed by atoms with E-state index >= 15 is 0 Å². The van der Waals surface area contributed by atoms with Gasteiger partial charge in [0.1, 0.15) is 11.4 Å². The van der Waals surface area contributed by atoms with E-state index in [-0.39, 0.29) is 11.7 Å². The molecule has 1 heterocycles. The van der Waals surface area contributed by atoms with Crippen LogP contribution in [0.4, 0.5) is 0 Å². The number of amides is 1. The molecule has 0 radical (unpaired) electrons. The number of carbonyl (C=O) groups excluding carboxylic acids is 1. The van der Waals surface area contributed by atoms with Gasteiger partial charge in [-0.15, -0.1) is 10.2 Å². The summed E-state index contributed by atoms with van der Waals surface area (Å²) in [6.45, 7) is 3.95. The topological polar surface area (TPSA) is 74.8 Å². The SMILES string of the molecule is Cc1ccccc1-n1c(C)nnc1SCC(=O)N(C)C1(C#N)CCCCC1. The highest BCUT2D eigenvalue weighted by Crippen LogP contribution is 2.33. The molecule has 6 nitrogen and oxygen atoms in total. The zero-order chi connectivity index (χ0) is 19.4. The van der Waals surface area contributed by atoms with Gasteiger partial charge in [-0.25, -0.2) is 0 Å². The number of aryl methyl sites for hydroxylation is 2. The smallest absolute Gasteiger partial charge is 0.234 e. The van der Waals surface area contributed by atoms with E-state index in [9.17, 15) is 10.1 Å². The summed E-state index contributed by atoms with van der Waals surface area (Å²) in [5.74, 6) is 0.984. The third-order valence-corrected chi connectivity index (χ3v) is 6.29. The second kappa shape index (κ2) is 8.13. The molecule has 0 aliphatic heterocycles. The monoisotopic (exact) mass is 383 g/mol. The summed E-state index contributed by atoms with van der Waals surface area (Å²) < 4.78 is 1.98. The summed E-state index contributed by atoms with van der Waals surface area (Å²) in [6, 6.07) is 10.5. The summed E-state index contributed by atoms with van der Waals surface area (Å²) in [4.78, 5) is 14.5. The van der Waals surface area contributed by atoms with Crippen LogP contribution in [-0.4, -0.2) is 43.9 Å². The number of hydrogen-bond donors (Lipinski definition) is 0. The number of hydrogen-bond acceptors (Lipinski definition) is 5. The lowest BCUT2D eigenvalue weighted by Gasteiger charge is -2.39. The lowest BCUT2D eigenvalue weighted by molar-refractivity contribution is -0.131. The molecule has 0 N–H and O–H groups in total. The van der Waals surface area contributed by atoms with Gasteiger partial charge in [-0.2, -0.15) is 5.26 Å². The van der Waals surface area contributed by atoms with Crippen LogP contribution in [0.2, 0.25) is 0 Å². The fourth-order valence-electron chi connectivity index (χ4n) is 3.65. The molecule has 0 unspecified atom stereocenters. The molecule has 7 heteroatoms. The Labute approximate surface area is 164 Å². The summed E-state index contributed by atoms with van der Waals surface area (Å²) >= 11 is 1.37. The average Bonchev–Trinajstić information content (AvgIpc) is 3.06. The normalized spacial score (nSPS) is 15.9. The largest absolute Gasteiger partial charge is 0.326 e. The maximum Gasteiger partial charge on any atom is 0.234 e. The molecular formula is C20H25N5OS. The van der Waals surface area contributed by atoms with E-state index in [4.69, 9.17) is 0 Å². The first-order valence-corrected chi connectivity index (χ1v) is 10.3. The van der Waals surface area contributed by atoms with Crippen LogP contribution < -0.4 is 0 Å². The van der Waals surface area contributed by atoms with Gasteiger partial charge in [0.15, 0.2) is 5.16 Å².